The van der Waals surface area contributed by atoms with Gasteiger partial charge in [0.05, 0.1) is 4.92 Å². The zero-order valence-electron chi connectivity index (χ0n) is 17.1. The molecule has 0 atom stereocenters. The Bertz CT molecular complexity index is 1040. The van der Waals surface area contributed by atoms with E-state index in [0.717, 1.165) is 18.4 Å². The maximum atomic E-state index is 12.1. The van der Waals surface area contributed by atoms with Gasteiger partial charge in [0.25, 0.3) is 5.91 Å². The molecule has 0 aromatic heterocycles. The fraction of sp³-hybridized carbons (Fsp3) is 0.304. The second-order valence-corrected chi connectivity index (χ2v) is 8.28. The summed E-state index contributed by atoms with van der Waals surface area (Å²) in [6, 6.07) is 13.7. The summed E-state index contributed by atoms with van der Waals surface area (Å²) in [5.74, 6) is 0.0967. The number of nitrogens with zero attached hydrogens (tertiary/aromatic N) is 2. The number of nitro groups is 1. The molecule has 0 unspecified atom stereocenters. The highest BCUT2D eigenvalue weighted by molar-refractivity contribution is 6.02. The molecule has 154 valence electrons. The quantitative estimate of drug-likeness (QED) is 0.319. The molecule has 1 aliphatic carbocycles. The lowest BCUT2D eigenvalue weighted by Gasteiger charge is -2.19. The molecule has 0 spiro atoms. The van der Waals surface area contributed by atoms with Gasteiger partial charge in [-0.05, 0) is 53.7 Å². The van der Waals surface area contributed by atoms with E-state index < -0.39 is 10.8 Å². The van der Waals surface area contributed by atoms with Gasteiger partial charge in [-0.3, -0.25) is 14.9 Å². The van der Waals surface area contributed by atoms with Gasteiger partial charge < -0.3 is 10.1 Å². The molecule has 7 heteroatoms. The summed E-state index contributed by atoms with van der Waals surface area (Å²) < 4.78 is 5.73. The van der Waals surface area contributed by atoms with Crippen molar-refractivity contribution in [1.29, 1.82) is 5.26 Å². The fourth-order valence-corrected chi connectivity index (χ4v) is 2.81. The molecule has 0 heterocycles. The van der Waals surface area contributed by atoms with Crippen molar-refractivity contribution in [3.05, 3.63) is 69.3 Å². The summed E-state index contributed by atoms with van der Waals surface area (Å²) in [6.45, 7) is 6.29. The number of nitriles is 1. The molecule has 7 nitrogen and oxygen atoms in total. The van der Waals surface area contributed by atoms with Crippen LogP contribution < -0.4 is 10.1 Å². The Morgan fingerprint density at radius 2 is 1.90 bits per heavy atom. The second-order valence-electron chi connectivity index (χ2n) is 8.28. The number of benzene rings is 2. The first-order chi connectivity index (χ1) is 14.2. The number of rotatable bonds is 6. The number of carbonyl (C=O) groups excluding carboxylic acids is 1. The van der Waals surface area contributed by atoms with E-state index in [-0.39, 0.29) is 28.5 Å². The first-order valence-corrected chi connectivity index (χ1v) is 9.67. The van der Waals surface area contributed by atoms with Gasteiger partial charge in [0.1, 0.15) is 17.4 Å². The molecule has 30 heavy (non-hydrogen) atoms. The van der Waals surface area contributed by atoms with Crippen LogP contribution in [0.25, 0.3) is 6.08 Å². The summed E-state index contributed by atoms with van der Waals surface area (Å²) in [4.78, 5) is 23.1. The number of carbonyl (C=O) groups is 1. The first kappa shape index (κ1) is 21.1. The van der Waals surface area contributed by atoms with E-state index in [1.807, 2.05) is 18.2 Å². The van der Waals surface area contributed by atoms with Crippen LogP contribution in [-0.4, -0.2) is 16.9 Å². The zero-order chi connectivity index (χ0) is 21.9. The van der Waals surface area contributed by atoms with Crippen LogP contribution in [0.2, 0.25) is 0 Å². The van der Waals surface area contributed by atoms with Gasteiger partial charge in [0.15, 0.2) is 0 Å². The summed E-state index contributed by atoms with van der Waals surface area (Å²) in [6.07, 6.45) is 3.14. The summed E-state index contributed by atoms with van der Waals surface area (Å²) in [5, 5.41) is 23.5. The molecule has 3 rings (SSSR count). The number of amides is 1. The average Bonchev–Trinajstić information content (AvgIpc) is 3.50. The third-order valence-corrected chi connectivity index (χ3v) is 4.72. The van der Waals surface area contributed by atoms with Crippen molar-refractivity contribution in [3.63, 3.8) is 0 Å². The lowest BCUT2D eigenvalue weighted by atomic mass is 9.87. The molecule has 0 radical (unpaired) electrons. The normalized spacial score (nSPS) is 14.0. The molecule has 2 aromatic carbocycles. The van der Waals surface area contributed by atoms with Crippen molar-refractivity contribution in [2.75, 3.05) is 0 Å². The van der Waals surface area contributed by atoms with E-state index in [9.17, 15) is 20.2 Å². The van der Waals surface area contributed by atoms with Gasteiger partial charge in [0.2, 0.25) is 5.75 Å². The van der Waals surface area contributed by atoms with Crippen LogP contribution in [0.4, 0.5) is 5.69 Å². The Labute approximate surface area is 175 Å². The monoisotopic (exact) mass is 405 g/mol. The number of nitrogens with one attached hydrogen (secondary N) is 1. The Balaban J connectivity index is 1.84. The highest BCUT2D eigenvalue weighted by Gasteiger charge is 2.25. The number of ether oxygens (including phenoxy) is 1. The minimum Gasteiger partial charge on any atom is -0.450 e. The van der Waals surface area contributed by atoms with Crippen molar-refractivity contribution in [2.24, 2.45) is 0 Å². The van der Waals surface area contributed by atoms with Crippen LogP contribution in [0.5, 0.6) is 11.5 Å². The lowest BCUT2D eigenvalue weighted by Crippen LogP contribution is -2.26. The highest BCUT2D eigenvalue weighted by atomic mass is 16.6. The van der Waals surface area contributed by atoms with Gasteiger partial charge >= 0.3 is 5.69 Å². The third-order valence-electron chi connectivity index (χ3n) is 4.72. The second kappa shape index (κ2) is 8.37. The molecule has 1 amide bonds. The van der Waals surface area contributed by atoms with E-state index >= 15 is 0 Å². The lowest BCUT2D eigenvalue weighted by molar-refractivity contribution is -0.385. The predicted octanol–water partition coefficient (Wildman–Crippen LogP) is 4.87. The molecule has 0 aliphatic heterocycles. The van der Waals surface area contributed by atoms with E-state index in [1.54, 1.807) is 18.2 Å². The van der Waals surface area contributed by atoms with E-state index in [4.69, 9.17) is 4.74 Å². The van der Waals surface area contributed by atoms with E-state index in [1.165, 1.54) is 18.2 Å². The van der Waals surface area contributed by atoms with Gasteiger partial charge in [0, 0.05) is 12.1 Å². The van der Waals surface area contributed by atoms with Crippen molar-refractivity contribution in [2.45, 2.75) is 45.1 Å². The summed E-state index contributed by atoms with van der Waals surface area (Å²) in [5.41, 5.74) is 1.15. The van der Waals surface area contributed by atoms with Crippen molar-refractivity contribution < 1.29 is 14.5 Å². The van der Waals surface area contributed by atoms with Crippen LogP contribution in [0.1, 0.15) is 44.7 Å². The smallest absolute Gasteiger partial charge is 0.312 e. The van der Waals surface area contributed by atoms with E-state index in [0.29, 0.717) is 11.3 Å². The maximum Gasteiger partial charge on any atom is 0.312 e. The number of hydrogen-bond donors (Lipinski definition) is 1. The number of nitro benzene ring substituents is 1. The van der Waals surface area contributed by atoms with Crippen molar-refractivity contribution in [3.8, 4) is 17.6 Å². The molecule has 0 bridgehead atoms. The van der Waals surface area contributed by atoms with Crippen LogP contribution >= 0.6 is 0 Å². The molecule has 1 fully saturated rings. The summed E-state index contributed by atoms with van der Waals surface area (Å²) >= 11 is 0. The minimum atomic E-state index is -0.549. The molecule has 1 aliphatic rings. The van der Waals surface area contributed by atoms with Crippen LogP contribution in [0.3, 0.4) is 0 Å². The number of hydrogen-bond acceptors (Lipinski definition) is 5. The maximum absolute atomic E-state index is 12.1. The third kappa shape index (κ3) is 5.23. The average molecular weight is 405 g/mol. The molecule has 2 aromatic rings. The zero-order valence-corrected chi connectivity index (χ0v) is 17.1. The highest BCUT2D eigenvalue weighted by Crippen LogP contribution is 2.34. The largest absolute Gasteiger partial charge is 0.450 e. The van der Waals surface area contributed by atoms with Crippen molar-refractivity contribution in [1.82, 2.24) is 5.32 Å². The Morgan fingerprint density at radius 1 is 1.23 bits per heavy atom. The van der Waals surface area contributed by atoms with E-state index in [2.05, 4.69) is 26.1 Å². The van der Waals surface area contributed by atoms with Gasteiger partial charge in [-0.25, -0.2) is 0 Å². The Kier molecular flexibility index (Phi) is 5.88. The molecule has 0 saturated heterocycles. The molecular weight excluding hydrogens is 382 g/mol. The van der Waals surface area contributed by atoms with Crippen LogP contribution in [-0.2, 0) is 10.2 Å². The van der Waals surface area contributed by atoms with Gasteiger partial charge in [-0.2, -0.15) is 5.26 Å². The Morgan fingerprint density at radius 3 is 2.43 bits per heavy atom. The first-order valence-electron chi connectivity index (χ1n) is 9.67. The van der Waals surface area contributed by atoms with Gasteiger partial charge in [-0.15, -0.1) is 0 Å². The van der Waals surface area contributed by atoms with Crippen LogP contribution in [0.15, 0.2) is 48.0 Å². The molecular formula is C23H23N3O4. The summed E-state index contributed by atoms with van der Waals surface area (Å²) in [7, 11) is 0. The molecule has 1 N–H and O–H groups in total. The SMILES string of the molecule is CC(C)(C)c1ccc(Oc2ccc(/C=C(\C#N)C(=O)NC3CC3)cc2[N+](=O)[O-])cc1. The van der Waals surface area contributed by atoms with Crippen LogP contribution in [0, 0.1) is 21.4 Å². The predicted molar refractivity (Wildman–Crippen MR) is 113 cm³/mol. The van der Waals surface area contributed by atoms with Crippen molar-refractivity contribution >= 4 is 17.7 Å². The Hall–Kier alpha value is -3.66. The molecule has 1 saturated carbocycles. The standard InChI is InChI=1S/C23H23N3O4/c1-23(2,3)17-5-9-19(10-6-17)30-21-11-4-15(13-20(21)26(28)29)12-16(14-24)22(27)25-18-7-8-18/h4-6,9-13,18H,7-8H2,1-3H3,(H,25,27)/b16-12+. The fourth-order valence-electron chi connectivity index (χ4n) is 2.81. The topological polar surface area (TPSA) is 105 Å². The minimum absolute atomic E-state index is 0.0112. The van der Waals surface area contributed by atoms with Gasteiger partial charge in [-0.1, -0.05) is 39.0 Å².